The molecule has 0 bridgehead atoms. The van der Waals surface area contributed by atoms with E-state index in [0.717, 1.165) is 12.1 Å². The maximum absolute atomic E-state index is 13.7. The molecule has 2 nitrogen and oxygen atoms in total. The number of nitrogens with zero attached hydrogens (tertiary/aromatic N) is 2. The van der Waals surface area contributed by atoms with Crippen LogP contribution in [0.5, 0.6) is 0 Å². The summed E-state index contributed by atoms with van der Waals surface area (Å²) in [6.07, 6.45) is -2.85. The van der Waals surface area contributed by atoms with Crippen LogP contribution in [0.25, 0.3) is 10.9 Å². The van der Waals surface area contributed by atoms with E-state index < -0.39 is 23.7 Å². The van der Waals surface area contributed by atoms with Crippen LogP contribution in [-0.2, 0) is 0 Å². The summed E-state index contributed by atoms with van der Waals surface area (Å²) in [5.41, 5.74) is 0.542. The minimum Gasteiger partial charge on any atom is -0.371 e. The highest BCUT2D eigenvalue weighted by atomic mass is 19.4. The summed E-state index contributed by atoms with van der Waals surface area (Å²) in [5.74, 6) is -2.82. The zero-order valence-electron chi connectivity index (χ0n) is 11.5. The molecule has 22 heavy (non-hydrogen) atoms. The van der Waals surface area contributed by atoms with Gasteiger partial charge in [0.15, 0.2) is 5.82 Å². The van der Waals surface area contributed by atoms with Gasteiger partial charge in [-0.3, -0.25) is 4.98 Å². The molecule has 3 rings (SSSR count). The molecule has 0 atom stereocenters. The van der Waals surface area contributed by atoms with E-state index in [4.69, 9.17) is 0 Å². The highest BCUT2D eigenvalue weighted by molar-refractivity contribution is 5.92. The molecule has 0 spiro atoms. The van der Waals surface area contributed by atoms with Crippen LogP contribution >= 0.6 is 0 Å². The smallest absolute Gasteiger partial charge is 0.371 e. The van der Waals surface area contributed by atoms with Gasteiger partial charge in [0.05, 0.1) is 5.92 Å². The molecule has 0 radical (unpaired) electrons. The van der Waals surface area contributed by atoms with Crippen LogP contribution in [-0.4, -0.2) is 24.2 Å². The quantitative estimate of drug-likeness (QED) is 0.730. The van der Waals surface area contributed by atoms with Crippen LogP contribution in [0.2, 0.25) is 0 Å². The van der Waals surface area contributed by atoms with Gasteiger partial charge < -0.3 is 4.90 Å². The number of halogens is 5. The lowest BCUT2D eigenvalue weighted by Gasteiger charge is -2.34. The molecule has 0 aliphatic carbocycles. The zero-order valence-corrected chi connectivity index (χ0v) is 11.5. The average Bonchev–Trinajstić information content (AvgIpc) is 2.46. The Morgan fingerprint density at radius 3 is 2.41 bits per heavy atom. The summed E-state index contributed by atoms with van der Waals surface area (Å²) >= 11 is 0. The molecule has 0 saturated carbocycles. The van der Waals surface area contributed by atoms with Crippen molar-refractivity contribution in [3.63, 3.8) is 0 Å². The van der Waals surface area contributed by atoms with Crippen molar-refractivity contribution in [3.8, 4) is 0 Å². The number of fused-ring (bicyclic) bond motifs is 1. The first-order valence-electron chi connectivity index (χ1n) is 6.91. The molecule has 1 saturated heterocycles. The Labute approximate surface area is 123 Å². The third kappa shape index (κ3) is 2.71. The Hall–Kier alpha value is -1.92. The first-order chi connectivity index (χ1) is 10.4. The van der Waals surface area contributed by atoms with Crippen LogP contribution < -0.4 is 4.90 Å². The van der Waals surface area contributed by atoms with Crippen LogP contribution in [0.3, 0.4) is 0 Å². The molecule has 1 aromatic carbocycles. The Balaban J connectivity index is 1.92. The van der Waals surface area contributed by atoms with Crippen molar-refractivity contribution in [1.82, 2.24) is 4.98 Å². The maximum Gasteiger partial charge on any atom is 0.391 e. The van der Waals surface area contributed by atoms with E-state index >= 15 is 0 Å². The second-order valence-electron chi connectivity index (χ2n) is 5.42. The maximum atomic E-state index is 13.7. The molecule has 0 amide bonds. The van der Waals surface area contributed by atoms with Crippen molar-refractivity contribution in [2.45, 2.75) is 19.0 Å². The van der Waals surface area contributed by atoms with Crippen molar-refractivity contribution in [2.24, 2.45) is 5.92 Å². The van der Waals surface area contributed by atoms with E-state index in [-0.39, 0.29) is 36.8 Å². The van der Waals surface area contributed by atoms with Gasteiger partial charge in [-0.05, 0) is 25.0 Å². The fraction of sp³-hybridized carbons (Fsp3) is 0.400. The fourth-order valence-electron chi connectivity index (χ4n) is 2.89. The molecule has 1 fully saturated rings. The first kappa shape index (κ1) is 15.0. The lowest BCUT2D eigenvalue weighted by molar-refractivity contribution is -0.179. The Morgan fingerprint density at radius 2 is 1.77 bits per heavy atom. The van der Waals surface area contributed by atoms with Crippen LogP contribution in [0.15, 0.2) is 24.4 Å². The van der Waals surface area contributed by atoms with Crippen LogP contribution in [0.4, 0.5) is 27.6 Å². The van der Waals surface area contributed by atoms with Gasteiger partial charge in [-0.15, -0.1) is 0 Å². The van der Waals surface area contributed by atoms with Gasteiger partial charge in [-0.2, -0.15) is 13.2 Å². The van der Waals surface area contributed by atoms with Gasteiger partial charge in [0.25, 0.3) is 0 Å². The number of pyridine rings is 1. The van der Waals surface area contributed by atoms with E-state index in [1.54, 1.807) is 11.0 Å². The second kappa shape index (κ2) is 5.37. The molecular weight excluding hydrogens is 303 g/mol. The van der Waals surface area contributed by atoms with Gasteiger partial charge >= 0.3 is 6.18 Å². The van der Waals surface area contributed by atoms with E-state index in [1.807, 2.05) is 0 Å². The fourth-order valence-corrected chi connectivity index (χ4v) is 2.89. The number of anilines is 1. The summed E-state index contributed by atoms with van der Waals surface area (Å²) in [6.45, 7) is 0.392. The lowest BCUT2D eigenvalue weighted by atomic mass is 9.95. The molecule has 1 aliphatic heterocycles. The van der Waals surface area contributed by atoms with Gasteiger partial charge in [0.1, 0.15) is 11.3 Å². The van der Waals surface area contributed by atoms with Crippen molar-refractivity contribution in [3.05, 3.63) is 36.0 Å². The van der Waals surface area contributed by atoms with E-state index in [9.17, 15) is 22.0 Å². The SMILES string of the molecule is Fc1cc(F)c2nccc(N3CCC(C(F)(F)F)CC3)c2c1. The second-order valence-corrected chi connectivity index (χ2v) is 5.42. The summed E-state index contributed by atoms with van der Waals surface area (Å²) in [4.78, 5) is 5.61. The van der Waals surface area contributed by atoms with Gasteiger partial charge in [0.2, 0.25) is 0 Å². The highest BCUT2D eigenvalue weighted by Gasteiger charge is 2.41. The number of aromatic nitrogens is 1. The number of hydrogen-bond acceptors (Lipinski definition) is 2. The third-order valence-electron chi connectivity index (χ3n) is 4.04. The number of hydrogen-bond donors (Lipinski definition) is 0. The average molecular weight is 316 g/mol. The largest absolute Gasteiger partial charge is 0.391 e. The standard InChI is InChI=1S/C15H13F5N2/c16-10-7-11-13(1-4-21-14(11)12(17)8-10)22-5-2-9(3-6-22)15(18,19)20/h1,4,7-9H,2-3,5-6H2. The normalized spacial score (nSPS) is 17.2. The Morgan fingerprint density at radius 1 is 1.09 bits per heavy atom. The molecule has 1 aliphatic rings. The van der Waals surface area contributed by atoms with Gasteiger partial charge in [0, 0.05) is 36.4 Å². The van der Waals surface area contributed by atoms with Crippen molar-refractivity contribution in [2.75, 3.05) is 18.0 Å². The van der Waals surface area contributed by atoms with Crippen LogP contribution in [0, 0.1) is 17.6 Å². The molecule has 2 heterocycles. The molecule has 0 N–H and O–H groups in total. The predicted octanol–water partition coefficient (Wildman–Crippen LogP) is 4.29. The van der Waals surface area contributed by atoms with Crippen molar-refractivity contribution in [1.29, 1.82) is 0 Å². The Bertz CT molecular complexity index is 690. The number of piperidine rings is 1. The minimum atomic E-state index is -4.19. The number of alkyl halides is 3. The molecule has 1 aromatic heterocycles. The van der Waals surface area contributed by atoms with Crippen molar-refractivity contribution >= 4 is 16.6 Å². The topological polar surface area (TPSA) is 16.1 Å². The summed E-state index contributed by atoms with van der Waals surface area (Å²) < 4.78 is 65.3. The summed E-state index contributed by atoms with van der Waals surface area (Å²) in [6, 6.07) is 3.49. The lowest BCUT2D eigenvalue weighted by Crippen LogP contribution is -2.39. The third-order valence-corrected chi connectivity index (χ3v) is 4.04. The van der Waals surface area contributed by atoms with Gasteiger partial charge in [-0.25, -0.2) is 8.78 Å². The van der Waals surface area contributed by atoms with E-state index in [1.165, 1.54) is 6.20 Å². The monoisotopic (exact) mass is 316 g/mol. The molecule has 0 unspecified atom stereocenters. The van der Waals surface area contributed by atoms with Gasteiger partial charge in [-0.1, -0.05) is 0 Å². The number of rotatable bonds is 1. The minimum absolute atomic E-state index is 0.0227. The summed E-state index contributed by atoms with van der Waals surface area (Å²) in [7, 11) is 0. The van der Waals surface area contributed by atoms with E-state index in [2.05, 4.69) is 4.98 Å². The van der Waals surface area contributed by atoms with Crippen LogP contribution in [0.1, 0.15) is 12.8 Å². The Kier molecular flexibility index (Phi) is 3.66. The zero-order chi connectivity index (χ0) is 15.9. The van der Waals surface area contributed by atoms with E-state index in [0.29, 0.717) is 5.69 Å². The molecule has 7 heteroatoms. The number of benzene rings is 1. The first-order valence-corrected chi connectivity index (χ1v) is 6.91. The molecule has 118 valence electrons. The molecular formula is C15H13F5N2. The summed E-state index contributed by atoms with van der Waals surface area (Å²) in [5, 5.41) is 0.283. The highest BCUT2D eigenvalue weighted by Crippen LogP contribution is 2.37. The van der Waals surface area contributed by atoms with Crippen molar-refractivity contribution < 1.29 is 22.0 Å². The molecule has 2 aromatic rings. The predicted molar refractivity (Wildman–Crippen MR) is 72.7 cm³/mol.